The molecular weight excluding hydrogens is 701 g/mol. The van der Waals surface area contributed by atoms with E-state index in [1.165, 1.54) is 89.9 Å². The lowest BCUT2D eigenvalue weighted by molar-refractivity contribution is -0.134. The Labute approximate surface area is 352 Å². The summed E-state index contributed by atoms with van der Waals surface area (Å²) in [5.41, 5.74) is 4.92. The second-order valence-electron chi connectivity index (χ2n) is 22.5. The highest BCUT2D eigenvalue weighted by Gasteiger charge is 2.41. The zero-order valence-corrected chi connectivity index (χ0v) is 40.5. The highest BCUT2D eigenvalue weighted by Crippen LogP contribution is 2.58. The molecule has 2 rings (SSSR count). The molecule has 2 N–H and O–H groups in total. The maximum Gasteiger partial charge on any atom is 0.310 e. The number of unbranched alkanes of at least 4 members (excludes halogenated alkanes) is 15. The van der Waals surface area contributed by atoms with Crippen molar-refractivity contribution in [3.63, 3.8) is 0 Å². The molecule has 4 heteroatoms. The Kier molecular flexibility index (Phi) is 18.8. The van der Waals surface area contributed by atoms with Crippen LogP contribution in [0, 0.1) is 0 Å². The number of aromatic hydroxyl groups is 2. The normalized spacial score (nSPS) is 13.1. The van der Waals surface area contributed by atoms with E-state index in [9.17, 15) is 15.0 Å². The van der Waals surface area contributed by atoms with Crippen LogP contribution in [0.5, 0.6) is 17.2 Å². The number of phenols is 2. The molecular formula is C53H90O4. The fourth-order valence-electron chi connectivity index (χ4n) is 8.75. The van der Waals surface area contributed by atoms with Gasteiger partial charge in [-0.15, -0.1) is 0 Å². The molecule has 0 heterocycles. The summed E-state index contributed by atoms with van der Waals surface area (Å²) in [6.45, 7) is 36.6. The topological polar surface area (TPSA) is 66.8 Å². The van der Waals surface area contributed by atoms with Gasteiger partial charge in [-0.3, -0.25) is 4.79 Å². The van der Waals surface area contributed by atoms with Crippen molar-refractivity contribution in [1.82, 2.24) is 0 Å². The summed E-state index contributed by atoms with van der Waals surface area (Å²) >= 11 is 0. The number of esters is 1. The lowest BCUT2D eigenvalue weighted by Gasteiger charge is -2.39. The largest absolute Gasteiger partial charge is 0.507 e. The zero-order chi connectivity index (χ0) is 43.6. The zero-order valence-electron chi connectivity index (χ0n) is 40.5. The van der Waals surface area contributed by atoms with E-state index in [0.717, 1.165) is 57.3 Å². The number of carbonyl (C=O) groups is 1. The Bertz CT molecular complexity index is 1570. The summed E-state index contributed by atoms with van der Waals surface area (Å²) in [4.78, 5) is 13.6. The molecule has 57 heavy (non-hydrogen) atoms. The van der Waals surface area contributed by atoms with Crippen LogP contribution in [0.4, 0.5) is 0 Å². The molecule has 0 aromatic heterocycles. The van der Waals surface area contributed by atoms with Crippen LogP contribution in [0.25, 0.3) is 11.1 Å². The SMILES string of the molecule is CCCCCCCCCCCCCCCCCCc1c(OC(=O)CC)c(-c2c(C(C)(C)C)cc(C(C)(C)C)c(O)c2C(C)(C)C)c(C(C)(C)C)c(O)c1C(C)(C)C. The molecule has 0 bridgehead atoms. The number of rotatable bonds is 20. The molecule has 0 aliphatic carbocycles. The summed E-state index contributed by atoms with van der Waals surface area (Å²) in [6, 6.07) is 2.18. The Morgan fingerprint density at radius 1 is 0.474 bits per heavy atom. The lowest BCUT2D eigenvalue weighted by Crippen LogP contribution is -2.27. The van der Waals surface area contributed by atoms with Crippen LogP contribution in [-0.4, -0.2) is 16.2 Å². The van der Waals surface area contributed by atoms with Crippen molar-refractivity contribution >= 4 is 5.97 Å². The van der Waals surface area contributed by atoms with Crippen molar-refractivity contribution in [2.24, 2.45) is 0 Å². The third kappa shape index (κ3) is 14.3. The van der Waals surface area contributed by atoms with E-state index in [1.807, 2.05) is 6.92 Å². The first kappa shape index (κ1) is 50.7. The summed E-state index contributed by atoms with van der Waals surface area (Å²) in [5, 5.41) is 25.2. The minimum atomic E-state index is -0.526. The number of ether oxygens (including phenoxy) is 1. The van der Waals surface area contributed by atoms with Crippen molar-refractivity contribution in [3.8, 4) is 28.4 Å². The van der Waals surface area contributed by atoms with Gasteiger partial charge in [-0.2, -0.15) is 0 Å². The van der Waals surface area contributed by atoms with E-state index in [0.29, 0.717) is 12.2 Å². The Morgan fingerprint density at radius 2 is 0.842 bits per heavy atom. The molecule has 4 nitrogen and oxygen atoms in total. The summed E-state index contributed by atoms with van der Waals surface area (Å²) in [7, 11) is 0. The molecule has 0 amide bonds. The molecule has 0 saturated carbocycles. The van der Waals surface area contributed by atoms with Gasteiger partial charge in [0.05, 0.1) is 0 Å². The van der Waals surface area contributed by atoms with Gasteiger partial charge in [-0.1, -0.05) is 220 Å². The van der Waals surface area contributed by atoms with Gasteiger partial charge in [-0.05, 0) is 56.6 Å². The molecule has 0 aliphatic rings. The standard InChI is InChI=1S/C53H90O4/c1-18-20-21-22-23-24-25-26-27-28-29-30-31-32-33-34-35-37-43(51(9,10)11)47(56)45(53(15,16)17)42(48(37)57-40(54)19-2)41-38(49(3,4)5)36-39(50(6,7)8)46(55)44(41)52(12,13)14/h36,55-56H,18-35H2,1-17H3. The van der Waals surface area contributed by atoms with Gasteiger partial charge >= 0.3 is 5.97 Å². The van der Waals surface area contributed by atoms with Gasteiger partial charge in [0, 0.05) is 34.2 Å². The molecule has 0 spiro atoms. The van der Waals surface area contributed by atoms with Crippen LogP contribution in [0.1, 0.15) is 260 Å². The molecule has 0 fully saturated rings. The van der Waals surface area contributed by atoms with Crippen LogP contribution in [0.15, 0.2) is 6.07 Å². The van der Waals surface area contributed by atoms with Crippen LogP contribution in [-0.2, 0) is 38.3 Å². The molecule has 0 saturated heterocycles. The van der Waals surface area contributed by atoms with E-state index in [-0.39, 0.29) is 34.7 Å². The van der Waals surface area contributed by atoms with Crippen molar-refractivity contribution in [2.45, 2.75) is 260 Å². The number of benzene rings is 2. The summed E-state index contributed by atoms with van der Waals surface area (Å²) in [6.07, 6.45) is 21.8. The summed E-state index contributed by atoms with van der Waals surface area (Å²) < 4.78 is 6.63. The molecule has 0 unspecified atom stereocenters. The number of phenolic OH excluding ortho intramolecular Hbond substituents is 2. The molecule has 326 valence electrons. The molecule has 2 aromatic rings. The molecule has 0 aliphatic heterocycles. The first-order valence-electron chi connectivity index (χ1n) is 23.3. The van der Waals surface area contributed by atoms with Crippen LogP contribution in [0.3, 0.4) is 0 Å². The third-order valence-electron chi connectivity index (χ3n) is 11.7. The van der Waals surface area contributed by atoms with E-state index >= 15 is 0 Å². The first-order valence-corrected chi connectivity index (χ1v) is 23.3. The maximum absolute atomic E-state index is 13.6. The highest BCUT2D eigenvalue weighted by molar-refractivity contribution is 5.90. The Balaban J connectivity index is 2.70. The van der Waals surface area contributed by atoms with E-state index in [2.05, 4.69) is 117 Å². The van der Waals surface area contributed by atoms with Gasteiger partial charge in [-0.25, -0.2) is 0 Å². The van der Waals surface area contributed by atoms with Crippen molar-refractivity contribution < 1.29 is 19.7 Å². The predicted molar refractivity (Wildman–Crippen MR) is 248 cm³/mol. The monoisotopic (exact) mass is 791 g/mol. The second-order valence-corrected chi connectivity index (χ2v) is 22.5. The van der Waals surface area contributed by atoms with Gasteiger partial charge < -0.3 is 14.9 Å². The van der Waals surface area contributed by atoms with Gasteiger partial charge in [0.25, 0.3) is 0 Å². The minimum absolute atomic E-state index is 0.237. The van der Waals surface area contributed by atoms with Crippen LogP contribution in [0.2, 0.25) is 0 Å². The summed E-state index contributed by atoms with van der Waals surface area (Å²) in [5.74, 6) is 0.839. The van der Waals surface area contributed by atoms with Crippen LogP contribution >= 0.6 is 0 Å². The smallest absolute Gasteiger partial charge is 0.310 e. The lowest BCUT2D eigenvalue weighted by atomic mass is 9.66. The molecule has 2 aromatic carbocycles. The quantitative estimate of drug-likeness (QED) is 0.0796. The van der Waals surface area contributed by atoms with E-state index < -0.39 is 16.2 Å². The number of carbonyl (C=O) groups excluding carboxylic acids is 1. The number of hydrogen-bond donors (Lipinski definition) is 2. The van der Waals surface area contributed by atoms with Gasteiger partial charge in [0.2, 0.25) is 0 Å². The third-order valence-corrected chi connectivity index (χ3v) is 11.7. The minimum Gasteiger partial charge on any atom is -0.507 e. The van der Waals surface area contributed by atoms with Crippen molar-refractivity contribution in [2.75, 3.05) is 0 Å². The average molecular weight is 791 g/mol. The fourth-order valence-corrected chi connectivity index (χ4v) is 8.75. The Hall–Kier alpha value is -2.49. The van der Waals surface area contributed by atoms with Gasteiger partial charge in [0.15, 0.2) is 0 Å². The molecule has 0 radical (unpaired) electrons. The van der Waals surface area contributed by atoms with Gasteiger partial charge in [0.1, 0.15) is 17.2 Å². The highest BCUT2D eigenvalue weighted by atomic mass is 16.5. The number of hydrogen-bond acceptors (Lipinski definition) is 4. The average Bonchev–Trinajstić information content (AvgIpc) is 3.05. The van der Waals surface area contributed by atoms with Crippen LogP contribution < -0.4 is 4.74 Å². The predicted octanol–water partition coefficient (Wildman–Crippen LogP) is 16.4. The second kappa shape index (κ2) is 21.2. The van der Waals surface area contributed by atoms with Crippen molar-refractivity contribution in [3.05, 3.63) is 39.4 Å². The van der Waals surface area contributed by atoms with E-state index in [4.69, 9.17) is 4.74 Å². The van der Waals surface area contributed by atoms with E-state index in [1.54, 1.807) is 0 Å². The Morgan fingerprint density at radius 3 is 1.19 bits per heavy atom. The fraction of sp³-hybridized carbons (Fsp3) is 0.755. The molecule has 0 atom stereocenters. The van der Waals surface area contributed by atoms with Crippen molar-refractivity contribution in [1.29, 1.82) is 0 Å². The maximum atomic E-state index is 13.6. The first-order chi connectivity index (χ1) is 26.2.